The zero-order valence-corrected chi connectivity index (χ0v) is 10.6. The van der Waals surface area contributed by atoms with Crippen LogP contribution in [-0.4, -0.2) is 49.6 Å². The third kappa shape index (κ3) is 7.42. The molecule has 0 saturated heterocycles. The number of hydrogen-bond acceptors (Lipinski definition) is 3. The van der Waals surface area contributed by atoms with Crippen molar-refractivity contribution in [2.75, 3.05) is 44.7 Å². The highest BCUT2D eigenvalue weighted by Gasteiger charge is 1.98. The lowest BCUT2D eigenvalue weighted by Gasteiger charge is -2.17. The Balaban J connectivity index is 3.32. The third-order valence-electron chi connectivity index (χ3n) is 2.18. The van der Waals surface area contributed by atoms with Crippen LogP contribution in [0.4, 0.5) is 0 Å². The second-order valence-electron chi connectivity index (χ2n) is 3.36. The minimum absolute atomic E-state index is 0.943. The Morgan fingerprint density at radius 3 is 2.50 bits per heavy atom. The molecule has 0 atom stereocenters. The molecule has 0 saturated carbocycles. The maximum absolute atomic E-state index is 4.00. The SMILES string of the molecule is C=C(CNC)CSCCN(CC)CC. The molecule has 0 aromatic heterocycles. The van der Waals surface area contributed by atoms with Crippen molar-refractivity contribution >= 4 is 11.8 Å². The van der Waals surface area contributed by atoms with Crippen LogP contribution in [0, 0.1) is 0 Å². The molecule has 0 amide bonds. The van der Waals surface area contributed by atoms with Gasteiger partial charge in [-0.05, 0) is 20.1 Å². The average molecular weight is 216 g/mol. The first-order valence-electron chi connectivity index (χ1n) is 5.35. The van der Waals surface area contributed by atoms with Crippen LogP contribution < -0.4 is 5.32 Å². The number of nitrogens with one attached hydrogen (secondary N) is 1. The van der Waals surface area contributed by atoms with Crippen LogP contribution in [0.25, 0.3) is 0 Å². The van der Waals surface area contributed by atoms with E-state index in [2.05, 4.69) is 30.6 Å². The van der Waals surface area contributed by atoms with Crippen molar-refractivity contribution in [2.45, 2.75) is 13.8 Å². The van der Waals surface area contributed by atoms with Gasteiger partial charge in [0.2, 0.25) is 0 Å². The van der Waals surface area contributed by atoms with E-state index in [-0.39, 0.29) is 0 Å². The van der Waals surface area contributed by atoms with Crippen molar-refractivity contribution in [3.05, 3.63) is 12.2 Å². The highest BCUT2D eigenvalue weighted by atomic mass is 32.2. The molecule has 14 heavy (non-hydrogen) atoms. The van der Waals surface area contributed by atoms with Crippen LogP contribution in [0.5, 0.6) is 0 Å². The summed E-state index contributed by atoms with van der Waals surface area (Å²) in [7, 11) is 1.96. The maximum atomic E-state index is 4.00. The second-order valence-corrected chi connectivity index (χ2v) is 4.46. The largest absolute Gasteiger partial charge is 0.316 e. The summed E-state index contributed by atoms with van der Waals surface area (Å²) in [5, 5.41) is 3.12. The Morgan fingerprint density at radius 1 is 1.36 bits per heavy atom. The van der Waals surface area contributed by atoms with E-state index < -0.39 is 0 Å². The first kappa shape index (κ1) is 14.0. The smallest absolute Gasteiger partial charge is 0.0167 e. The van der Waals surface area contributed by atoms with Crippen LogP contribution in [0.15, 0.2) is 12.2 Å². The molecule has 84 valence electrons. The lowest BCUT2D eigenvalue weighted by atomic mass is 10.3. The summed E-state index contributed by atoms with van der Waals surface area (Å²) in [6, 6.07) is 0. The van der Waals surface area contributed by atoms with Gasteiger partial charge in [0.05, 0.1) is 0 Å². The molecule has 3 heteroatoms. The minimum atomic E-state index is 0.943. The molecule has 1 N–H and O–H groups in total. The standard InChI is InChI=1S/C11H24N2S/c1-5-13(6-2)7-8-14-10-11(3)9-12-4/h12H,3,5-10H2,1-2,4H3. The molecular weight excluding hydrogens is 192 g/mol. The molecule has 0 spiro atoms. The quantitative estimate of drug-likeness (QED) is 0.468. The Kier molecular flexibility index (Phi) is 9.57. The van der Waals surface area contributed by atoms with E-state index in [1.807, 2.05) is 18.8 Å². The predicted octanol–water partition coefficient (Wildman–Crippen LogP) is 1.84. The molecule has 0 fully saturated rings. The van der Waals surface area contributed by atoms with Crippen LogP contribution in [0.3, 0.4) is 0 Å². The summed E-state index contributed by atoms with van der Waals surface area (Å²) in [6.45, 7) is 12.9. The van der Waals surface area contributed by atoms with Gasteiger partial charge in [-0.15, -0.1) is 0 Å². The Labute approximate surface area is 93.1 Å². The molecule has 0 unspecified atom stereocenters. The number of hydrogen-bond donors (Lipinski definition) is 1. The first-order chi connectivity index (χ1) is 6.74. The van der Waals surface area contributed by atoms with Gasteiger partial charge in [0.15, 0.2) is 0 Å². The zero-order valence-electron chi connectivity index (χ0n) is 9.81. The average Bonchev–Trinajstić information content (AvgIpc) is 2.19. The Bertz CT molecular complexity index is 144. The van der Waals surface area contributed by atoms with Crippen LogP contribution in [-0.2, 0) is 0 Å². The molecule has 0 radical (unpaired) electrons. The Morgan fingerprint density at radius 2 is 2.00 bits per heavy atom. The van der Waals surface area contributed by atoms with Gasteiger partial charge in [0.25, 0.3) is 0 Å². The molecule has 0 aromatic carbocycles. The Hall–Kier alpha value is 0.01000. The van der Waals surface area contributed by atoms with E-state index in [0.29, 0.717) is 0 Å². The van der Waals surface area contributed by atoms with Gasteiger partial charge in [0.1, 0.15) is 0 Å². The minimum Gasteiger partial charge on any atom is -0.316 e. The summed E-state index contributed by atoms with van der Waals surface area (Å²) >= 11 is 1.98. The molecule has 0 rings (SSSR count). The number of rotatable bonds is 9. The lowest BCUT2D eigenvalue weighted by molar-refractivity contribution is 0.324. The fourth-order valence-electron chi connectivity index (χ4n) is 1.25. The molecule has 0 bridgehead atoms. The second kappa shape index (κ2) is 9.56. The van der Waals surface area contributed by atoms with E-state index in [1.54, 1.807) is 0 Å². The van der Waals surface area contributed by atoms with Crippen molar-refractivity contribution < 1.29 is 0 Å². The normalized spacial score (nSPS) is 10.9. The van der Waals surface area contributed by atoms with Gasteiger partial charge in [-0.2, -0.15) is 11.8 Å². The van der Waals surface area contributed by atoms with Crippen LogP contribution >= 0.6 is 11.8 Å². The summed E-state index contributed by atoms with van der Waals surface area (Å²) in [5.74, 6) is 2.30. The summed E-state index contributed by atoms with van der Waals surface area (Å²) in [4.78, 5) is 2.45. The monoisotopic (exact) mass is 216 g/mol. The van der Waals surface area contributed by atoms with Gasteiger partial charge >= 0.3 is 0 Å². The number of thioether (sulfide) groups is 1. The fourth-order valence-corrected chi connectivity index (χ4v) is 2.17. The number of nitrogens with zero attached hydrogens (tertiary/aromatic N) is 1. The van der Waals surface area contributed by atoms with Gasteiger partial charge in [-0.1, -0.05) is 26.0 Å². The van der Waals surface area contributed by atoms with Gasteiger partial charge in [-0.25, -0.2) is 0 Å². The van der Waals surface area contributed by atoms with Gasteiger partial charge in [0, 0.05) is 24.6 Å². The molecule has 2 nitrogen and oxygen atoms in total. The zero-order chi connectivity index (χ0) is 10.8. The number of likely N-dealkylation sites (N-methyl/N-ethyl adjacent to an activating group) is 1. The van der Waals surface area contributed by atoms with E-state index in [9.17, 15) is 0 Å². The van der Waals surface area contributed by atoms with Crippen molar-refractivity contribution in [3.63, 3.8) is 0 Å². The van der Waals surface area contributed by atoms with Gasteiger partial charge in [-0.3, -0.25) is 0 Å². The molecule has 0 heterocycles. The van der Waals surface area contributed by atoms with E-state index in [4.69, 9.17) is 0 Å². The fraction of sp³-hybridized carbons (Fsp3) is 0.818. The topological polar surface area (TPSA) is 15.3 Å². The molecule has 0 aliphatic rings. The van der Waals surface area contributed by atoms with Crippen molar-refractivity contribution in [1.82, 2.24) is 10.2 Å². The molecular formula is C11H24N2S. The van der Waals surface area contributed by atoms with E-state index in [1.165, 1.54) is 17.9 Å². The van der Waals surface area contributed by atoms with Gasteiger partial charge < -0.3 is 10.2 Å². The van der Waals surface area contributed by atoms with Crippen molar-refractivity contribution in [1.29, 1.82) is 0 Å². The molecule has 0 aliphatic heterocycles. The molecule has 0 aliphatic carbocycles. The first-order valence-corrected chi connectivity index (χ1v) is 6.51. The predicted molar refractivity (Wildman–Crippen MR) is 68.2 cm³/mol. The van der Waals surface area contributed by atoms with Crippen molar-refractivity contribution in [2.24, 2.45) is 0 Å². The van der Waals surface area contributed by atoms with E-state index >= 15 is 0 Å². The lowest BCUT2D eigenvalue weighted by Crippen LogP contribution is -2.25. The summed E-state index contributed by atoms with van der Waals surface area (Å²) in [5.41, 5.74) is 1.29. The summed E-state index contributed by atoms with van der Waals surface area (Å²) < 4.78 is 0. The highest BCUT2D eigenvalue weighted by Crippen LogP contribution is 2.05. The van der Waals surface area contributed by atoms with Crippen LogP contribution in [0.2, 0.25) is 0 Å². The van der Waals surface area contributed by atoms with E-state index in [0.717, 1.165) is 25.4 Å². The third-order valence-corrected chi connectivity index (χ3v) is 3.26. The summed E-state index contributed by atoms with van der Waals surface area (Å²) in [6.07, 6.45) is 0. The molecule has 0 aromatic rings. The van der Waals surface area contributed by atoms with Crippen LogP contribution in [0.1, 0.15) is 13.8 Å². The highest BCUT2D eigenvalue weighted by molar-refractivity contribution is 7.99. The van der Waals surface area contributed by atoms with Crippen molar-refractivity contribution in [3.8, 4) is 0 Å². The maximum Gasteiger partial charge on any atom is 0.0167 e.